The molecule has 0 saturated carbocycles. The third-order valence-corrected chi connectivity index (χ3v) is 2.72. The van der Waals surface area contributed by atoms with Crippen LogP contribution in [-0.2, 0) is 4.79 Å². The van der Waals surface area contributed by atoms with E-state index in [1.807, 2.05) is 0 Å². The summed E-state index contributed by atoms with van der Waals surface area (Å²) in [6.07, 6.45) is 0. The van der Waals surface area contributed by atoms with E-state index < -0.39 is 5.60 Å². The largest absolute Gasteiger partial charge is 0.476 e. The van der Waals surface area contributed by atoms with Gasteiger partial charge in [0.05, 0.1) is 12.3 Å². The number of fused-ring (bicyclic) bond motifs is 1. The van der Waals surface area contributed by atoms with Gasteiger partial charge in [0.25, 0.3) is 5.91 Å². The van der Waals surface area contributed by atoms with Crippen molar-refractivity contribution in [2.24, 2.45) is 0 Å². The molecule has 1 aliphatic heterocycles. The van der Waals surface area contributed by atoms with E-state index in [0.29, 0.717) is 17.1 Å². The molecule has 5 nitrogen and oxygen atoms in total. The van der Waals surface area contributed by atoms with Crippen LogP contribution in [0.5, 0.6) is 5.75 Å². The number of nitrogen functional groups attached to an aromatic ring is 1. The van der Waals surface area contributed by atoms with E-state index in [1.54, 1.807) is 32.0 Å². The van der Waals surface area contributed by atoms with Crippen molar-refractivity contribution in [2.75, 3.05) is 23.8 Å². The summed E-state index contributed by atoms with van der Waals surface area (Å²) in [5.41, 5.74) is 5.99. The molecule has 0 bridgehead atoms. The Hall–Kier alpha value is -1.75. The molecule has 0 fully saturated rings. The molecule has 0 aliphatic carbocycles. The number of aliphatic hydroxyl groups is 1. The smallest absolute Gasteiger partial charge is 0.270 e. The lowest BCUT2D eigenvalue weighted by Crippen LogP contribution is -2.53. The predicted molar refractivity (Wildman–Crippen MR) is 65.0 cm³/mol. The average Bonchev–Trinajstić information content (AvgIpc) is 2.24. The number of β-amino-alcohol motifs (C(OH)–C–C–N with tert-alkyl or cyclic N) is 1. The van der Waals surface area contributed by atoms with Crippen LogP contribution in [0.4, 0.5) is 11.4 Å². The molecule has 0 radical (unpaired) electrons. The van der Waals surface area contributed by atoms with Crippen LogP contribution in [0.1, 0.15) is 13.8 Å². The first kappa shape index (κ1) is 11.7. The molecular weight excluding hydrogens is 220 g/mol. The summed E-state index contributed by atoms with van der Waals surface area (Å²) in [5, 5.41) is 9.03. The van der Waals surface area contributed by atoms with E-state index in [1.165, 1.54) is 4.90 Å². The summed E-state index contributed by atoms with van der Waals surface area (Å²) in [7, 11) is 0. The molecule has 17 heavy (non-hydrogen) atoms. The van der Waals surface area contributed by atoms with Gasteiger partial charge in [0, 0.05) is 18.3 Å². The number of carbonyl (C=O) groups is 1. The molecule has 5 heteroatoms. The number of amides is 1. The Morgan fingerprint density at radius 3 is 2.82 bits per heavy atom. The molecule has 92 valence electrons. The first-order chi connectivity index (χ1) is 7.95. The third-order valence-electron chi connectivity index (χ3n) is 2.72. The molecule has 0 saturated heterocycles. The third kappa shape index (κ3) is 1.93. The van der Waals surface area contributed by atoms with E-state index in [4.69, 9.17) is 15.6 Å². The number of carbonyl (C=O) groups excluding carboxylic acids is 1. The highest BCUT2D eigenvalue weighted by atomic mass is 16.5. The zero-order valence-electron chi connectivity index (χ0n) is 9.93. The van der Waals surface area contributed by atoms with Gasteiger partial charge in [0.15, 0.2) is 5.60 Å². The number of hydrogen-bond donors (Lipinski definition) is 2. The van der Waals surface area contributed by atoms with Gasteiger partial charge in [0.1, 0.15) is 5.75 Å². The van der Waals surface area contributed by atoms with Gasteiger partial charge in [-0.15, -0.1) is 0 Å². The fourth-order valence-corrected chi connectivity index (χ4v) is 1.91. The SMILES string of the molecule is CC1(C)Oc2cc(N)ccc2N(CCO)C1=O. The zero-order chi connectivity index (χ0) is 12.6. The standard InChI is InChI=1S/C12H16N2O3/c1-12(2)11(16)14(5-6-15)9-4-3-8(13)7-10(9)17-12/h3-4,7,15H,5-6,13H2,1-2H3. The fourth-order valence-electron chi connectivity index (χ4n) is 1.91. The van der Waals surface area contributed by atoms with Gasteiger partial charge in [-0.2, -0.15) is 0 Å². The molecule has 0 atom stereocenters. The summed E-state index contributed by atoms with van der Waals surface area (Å²) < 4.78 is 5.64. The highest BCUT2D eigenvalue weighted by Gasteiger charge is 2.40. The molecule has 1 aromatic carbocycles. The molecule has 0 spiro atoms. The molecular formula is C12H16N2O3. The maximum absolute atomic E-state index is 12.1. The van der Waals surface area contributed by atoms with Crippen molar-refractivity contribution >= 4 is 17.3 Å². The van der Waals surface area contributed by atoms with Crippen molar-refractivity contribution in [3.8, 4) is 5.75 Å². The van der Waals surface area contributed by atoms with Gasteiger partial charge in [0.2, 0.25) is 0 Å². The van der Waals surface area contributed by atoms with Crippen LogP contribution in [0.2, 0.25) is 0 Å². The second-order valence-electron chi connectivity index (χ2n) is 4.52. The maximum atomic E-state index is 12.1. The summed E-state index contributed by atoms with van der Waals surface area (Å²) in [6, 6.07) is 5.12. The van der Waals surface area contributed by atoms with E-state index in [-0.39, 0.29) is 19.1 Å². The molecule has 1 aromatic rings. The summed E-state index contributed by atoms with van der Waals surface area (Å²) in [6.45, 7) is 3.56. The molecule has 3 N–H and O–H groups in total. The maximum Gasteiger partial charge on any atom is 0.270 e. The Morgan fingerprint density at radius 2 is 2.18 bits per heavy atom. The predicted octanol–water partition coefficient (Wildman–Crippen LogP) is 0.765. The Bertz CT molecular complexity index is 457. The van der Waals surface area contributed by atoms with Crippen molar-refractivity contribution in [1.29, 1.82) is 0 Å². The van der Waals surface area contributed by atoms with E-state index >= 15 is 0 Å². The molecule has 2 rings (SSSR count). The minimum absolute atomic E-state index is 0.0916. The lowest BCUT2D eigenvalue weighted by molar-refractivity contribution is -0.132. The monoisotopic (exact) mass is 236 g/mol. The quantitative estimate of drug-likeness (QED) is 0.743. The average molecular weight is 236 g/mol. The Kier molecular flexibility index (Phi) is 2.71. The van der Waals surface area contributed by atoms with Gasteiger partial charge in [-0.05, 0) is 26.0 Å². The number of nitrogens with two attached hydrogens (primary N) is 1. The number of aliphatic hydroxyl groups excluding tert-OH is 1. The lowest BCUT2D eigenvalue weighted by atomic mass is 10.0. The molecule has 1 heterocycles. The van der Waals surface area contributed by atoms with Crippen LogP contribution in [0.3, 0.4) is 0 Å². The number of anilines is 2. The summed E-state index contributed by atoms with van der Waals surface area (Å²) >= 11 is 0. The Balaban J connectivity index is 2.50. The van der Waals surface area contributed by atoms with Crippen LogP contribution in [0, 0.1) is 0 Å². The summed E-state index contributed by atoms with van der Waals surface area (Å²) in [4.78, 5) is 13.7. The first-order valence-corrected chi connectivity index (χ1v) is 5.47. The zero-order valence-corrected chi connectivity index (χ0v) is 9.93. The van der Waals surface area contributed by atoms with Crippen molar-refractivity contribution in [1.82, 2.24) is 0 Å². The van der Waals surface area contributed by atoms with Gasteiger partial charge in [-0.25, -0.2) is 0 Å². The minimum atomic E-state index is -0.935. The van der Waals surface area contributed by atoms with E-state index in [9.17, 15) is 4.79 Å². The molecule has 1 amide bonds. The topological polar surface area (TPSA) is 75.8 Å². The van der Waals surface area contributed by atoms with Crippen molar-refractivity contribution in [2.45, 2.75) is 19.4 Å². The van der Waals surface area contributed by atoms with Crippen LogP contribution >= 0.6 is 0 Å². The number of nitrogens with zero attached hydrogens (tertiary/aromatic N) is 1. The molecule has 0 unspecified atom stereocenters. The van der Waals surface area contributed by atoms with Crippen LogP contribution in [0.15, 0.2) is 18.2 Å². The molecule has 0 aromatic heterocycles. The lowest BCUT2D eigenvalue weighted by Gasteiger charge is -2.38. The highest BCUT2D eigenvalue weighted by molar-refractivity contribution is 6.02. The number of ether oxygens (including phenoxy) is 1. The molecule has 1 aliphatic rings. The van der Waals surface area contributed by atoms with Crippen molar-refractivity contribution in [3.05, 3.63) is 18.2 Å². The number of hydrogen-bond acceptors (Lipinski definition) is 4. The van der Waals surface area contributed by atoms with E-state index in [0.717, 1.165) is 0 Å². The van der Waals surface area contributed by atoms with E-state index in [2.05, 4.69) is 0 Å². The minimum Gasteiger partial charge on any atom is -0.476 e. The van der Waals surface area contributed by atoms with Crippen LogP contribution < -0.4 is 15.4 Å². The van der Waals surface area contributed by atoms with Gasteiger partial charge < -0.3 is 20.5 Å². The second kappa shape index (κ2) is 3.92. The number of rotatable bonds is 2. The first-order valence-electron chi connectivity index (χ1n) is 5.47. The van der Waals surface area contributed by atoms with Gasteiger partial charge in [-0.1, -0.05) is 0 Å². The van der Waals surface area contributed by atoms with Crippen LogP contribution in [0.25, 0.3) is 0 Å². The van der Waals surface area contributed by atoms with Crippen molar-refractivity contribution in [3.63, 3.8) is 0 Å². The Morgan fingerprint density at radius 1 is 1.47 bits per heavy atom. The fraction of sp³-hybridized carbons (Fsp3) is 0.417. The second-order valence-corrected chi connectivity index (χ2v) is 4.52. The normalized spacial score (nSPS) is 17.6. The summed E-state index contributed by atoms with van der Waals surface area (Å²) in [5.74, 6) is 0.409. The highest BCUT2D eigenvalue weighted by Crippen LogP contribution is 2.38. The van der Waals surface area contributed by atoms with Gasteiger partial charge in [-0.3, -0.25) is 4.79 Å². The Labute approximate surface area is 99.8 Å². The van der Waals surface area contributed by atoms with Crippen molar-refractivity contribution < 1.29 is 14.6 Å². The number of benzene rings is 1. The van der Waals surface area contributed by atoms with Gasteiger partial charge >= 0.3 is 0 Å². The van der Waals surface area contributed by atoms with Crippen LogP contribution in [-0.4, -0.2) is 29.8 Å².